The van der Waals surface area contributed by atoms with Gasteiger partial charge in [-0.15, -0.1) is 0 Å². The zero-order valence-corrected chi connectivity index (χ0v) is 24.8. The predicted octanol–water partition coefficient (Wildman–Crippen LogP) is 5.72. The van der Waals surface area contributed by atoms with E-state index in [1.165, 1.54) is 11.0 Å². The molecule has 43 heavy (non-hydrogen) atoms. The van der Waals surface area contributed by atoms with E-state index in [1.54, 1.807) is 63.4 Å². The predicted molar refractivity (Wildman–Crippen MR) is 161 cm³/mol. The number of amides is 3. The summed E-state index contributed by atoms with van der Waals surface area (Å²) in [4.78, 5) is 42.6. The summed E-state index contributed by atoms with van der Waals surface area (Å²) in [5.41, 5.74) is 3.37. The fourth-order valence-corrected chi connectivity index (χ4v) is 4.94. The first-order chi connectivity index (χ1) is 20.4. The Kier molecular flexibility index (Phi) is 8.68. The lowest BCUT2D eigenvalue weighted by atomic mass is 9.95. The van der Waals surface area contributed by atoms with Crippen LogP contribution in [0.2, 0.25) is 5.02 Å². The maximum absolute atomic E-state index is 13.1. The van der Waals surface area contributed by atoms with Gasteiger partial charge in [0.05, 0.1) is 18.1 Å². The number of rotatable bonds is 7. The maximum atomic E-state index is 13.1. The Morgan fingerprint density at radius 1 is 1.12 bits per heavy atom. The molecule has 224 valence electrons. The van der Waals surface area contributed by atoms with Crippen molar-refractivity contribution in [3.8, 4) is 16.9 Å². The van der Waals surface area contributed by atoms with E-state index in [4.69, 9.17) is 21.1 Å². The van der Waals surface area contributed by atoms with E-state index in [9.17, 15) is 18.8 Å². The van der Waals surface area contributed by atoms with Crippen molar-refractivity contribution in [3.63, 3.8) is 0 Å². The molecule has 1 unspecified atom stereocenters. The first kappa shape index (κ1) is 30.0. The molecule has 0 bridgehead atoms. The number of pyridine rings is 1. The molecule has 1 fully saturated rings. The lowest BCUT2D eigenvalue weighted by Crippen LogP contribution is -2.51. The molecule has 2 aromatic carbocycles. The second kappa shape index (κ2) is 12.4. The first-order valence-electron chi connectivity index (χ1n) is 13.9. The second-order valence-corrected chi connectivity index (χ2v) is 11.8. The van der Waals surface area contributed by atoms with E-state index < -0.39 is 17.9 Å². The van der Waals surface area contributed by atoms with Gasteiger partial charge >= 0.3 is 6.09 Å². The monoisotopic (exact) mass is 606 g/mol. The number of halogens is 2. The third kappa shape index (κ3) is 7.50. The van der Waals surface area contributed by atoms with Gasteiger partial charge in [-0.25, -0.2) is 14.2 Å². The fourth-order valence-electron chi connectivity index (χ4n) is 4.72. The third-order valence-corrected chi connectivity index (χ3v) is 7.13. The summed E-state index contributed by atoms with van der Waals surface area (Å²) >= 11 is 6.43. The molecule has 1 aromatic heterocycles. The van der Waals surface area contributed by atoms with Crippen molar-refractivity contribution in [1.29, 1.82) is 0 Å². The number of likely N-dealkylation sites (tertiary alicyclic amines) is 1. The average Bonchev–Trinajstić information content (AvgIpc) is 3.38. The van der Waals surface area contributed by atoms with Crippen LogP contribution in [0, 0.1) is 0 Å². The smallest absolute Gasteiger partial charge is 0.413 e. The Bertz CT molecular complexity index is 1550. The van der Waals surface area contributed by atoms with Crippen molar-refractivity contribution in [2.24, 2.45) is 0 Å². The largest absolute Gasteiger partial charge is 0.484 e. The van der Waals surface area contributed by atoms with E-state index in [0.29, 0.717) is 28.6 Å². The number of hydrogen-bond donors (Lipinski definition) is 2. The number of hydrogen-bond acceptors (Lipinski definition) is 6. The van der Waals surface area contributed by atoms with Gasteiger partial charge in [0.15, 0.2) is 0 Å². The fraction of sp³-hybridized carbons (Fsp3) is 0.312. The summed E-state index contributed by atoms with van der Waals surface area (Å²) < 4.78 is 24.4. The number of benzene rings is 2. The summed E-state index contributed by atoms with van der Waals surface area (Å²) in [7, 11) is 0. The number of alkyl halides is 1. The minimum atomic E-state index is -0.945. The average molecular weight is 607 g/mol. The van der Waals surface area contributed by atoms with Gasteiger partial charge in [-0.1, -0.05) is 35.9 Å². The number of fused-ring (bicyclic) bond motifs is 1. The number of nitrogens with zero attached hydrogens (tertiary/aromatic N) is 2. The summed E-state index contributed by atoms with van der Waals surface area (Å²) in [6.45, 7) is 5.83. The molecule has 0 radical (unpaired) electrons. The van der Waals surface area contributed by atoms with Gasteiger partial charge in [0, 0.05) is 36.4 Å². The molecule has 3 aromatic rings. The SMILES string of the molecule is CC(C)(C)OC(=O)Nc1ccc(CNC(=O)C=CC2Cc3c(-c4ccc(C(=O)N5CC(F)C5)cc4)ccc(Cl)c3O2)cn1. The molecule has 3 heterocycles. The van der Waals surface area contributed by atoms with Gasteiger partial charge in [0.2, 0.25) is 5.91 Å². The van der Waals surface area contributed by atoms with Crippen molar-refractivity contribution >= 4 is 35.3 Å². The molecular formula is C32H32ClFN4O5. The molecule has 0 spiro atoms. The van der Waals surface area contributed by atoms with Gasteiger partial charge in [0.25, 0.3) is 5.91 Å². The van der Waals surface area contributed by atoms with Crippen LogP contribution in [0.15, 0.2) is 66.9 Å². The van der Waals surface area contributed by atoms with E-state index in [2.05, 4.69) is 15.6 Å². The summed E-state index contributed by atoms with van der Waals surface area (Å²) in [5.74, 6) is 0.420. The highest BCUT2D eigenvalue weighted by atomic mass is 35.5. The van der Waals surface area contributed by atoms with Crippen LogP contribution in [0.4, 0.5) is 15.0 Å². The Balaban J connectivity index is 1.15. The molecule has 2 aliphatic rings. The third-order valence-electron chi connectivity index (χ3n) is 6.84. The van der Waals surface area contributed by atoms with Crippen molar-refractivity contribution < 1.29 is 28.2 Å². The quantitative estimate of drug-likeness (QED) is 0.333. The molecule has 1 saturated heterocycles. The lowest BCUT2D eigenvalue weighted by molar-refractivity contribution is -0.116. The molecular weight excluding hydrogens is 575 g/mol. The molecule has 3 amide bonds. The van der Waals surface area contributed by atoms with Crippen LogP contribution >= 0.6 is 11.6 Å². The number of anilines is 1. The van der Waals surface area contributed by atoms with Crippen molar-refractivity contribution in [2.45, 2.75) is 51.6 Å². The molecule has 2 N–H and O–H groups in total. The molecule has 9 nitrogen and oxygen atoms in total. The summed E-state index contributed by atoms with van der Waals surface area (Å²) in [5, 5.41) is 5.84. The lowest BCUT2D eigenvalue weighted by Gasteiger charge is -2.34. The number of aromatic nitrogens is 1. The Hall–Kier alpha value is -4.44. The molecule has 1 atom stereocenters. The maximum Gasteiger partial charge on any atom is 0.413 e. The Labute approximate surface area is 254 Å². The number of nitrogens with one attached hydrogen (secondary N) is 2. The zero-order chi connectivity index (χ0) is 30.7. The van der Waals surface area contributed by atoms with E-state index >= 15 is 0 Å². The molecule has 0 saturated carbocycles. The number of carbonyl (C=O) groups excluding carboxylic acids is 3. The molecule has 0 aliphatic carbocycles. The first-order valence-corrected chi connectivity index (χ1v) is 14.3. The number of ether oxygens (including phenoxy) is 2. The zero-order valence-electron chi connectivity index (χ0n) is 24.0. The summed E-state index contributed by atoms with van der Waals surface area (Å²) in [6, 6.07) is 14.2. The second-order valence-electron chi connectivity index (χ2n) is 11.4. The van der Waals surface area contributed by atoms with E-state index in [1.807, 2.05) is 18.2 Å². The minimum absolute atomic E-state index is 0.134. The highest BCUT2D eigenvalue weighted by Crippen LogP contribution is 2.42. The Morgan fingerprint density at radius 2 is 1.86 bits per heavy atom. The van der Waals surface area contributed by atoms with Gasteiger partial charge in [-0.05, 0) is 67.8 Å². The Morgan fingerprint density at radius 3 is 2.51 bits per heavy atom. The van der Waals surface area contributed by atoms with Crippen molar-refractivity contribution in [3.05, 3.63) is 88.6 Å². The van der Waals surface area contributed by atoms with Crippen LogP contribution in [-0.4, -0.2) is 58.8 Å². The van der Waals surface area contributed by atoms with Gasteiger partial charge in [-0.2, -0.15) is 0 Å². The minimum Gasteiger partial charge on any atom is -0.484 e. The molecule has 5 rings (SSSR count). The van der Waals surface area contributed by atoms with Crippen LogP contribution < -0.4 is 15.4 Å². The van der Waals surface area contributed by atoms with Crippen molar-refractivity contribution in [2.75, 3.05) is 18.4 Å². The molecule has 11 heteroatoms. The van der Waals surface area contributed by atoms with E-state index in [-0.39, 0.29) is 37.6 Å². The number of carbonyl (C=O) groups is 3. The highest BCUT2D eigenvalue weighted by molar-refractivity contribution is 6.32. The van der Waals surface area contributed by atoms with Crippen LogP contribution in [-0.2, 0) is 22.5 Å². The standard InChI is InChI=1S/C32H32ClFN4O5/c1-32(2,3)43-31(41)37-27-12-4-19(15-35-27)16-36-28(39)13-9-23-14-25-24(10-11-26(33)29(25)42-23)20-5-7-21(8-6-20)30(40)38-17-22(34)18-38/h4-13,15,22-23H,14,16-18H2,1-3H3,(H,36,39)(H,35,37,41). The summed E-state index contributed by atoms with van der Waals surface area (Å²) in [6.07, 6.45) is 3.25. The van der Waals surface area contributed by atoms with Crippen LogP contribution in [0.1, 0.15) is 42.3 Å². The topological polar surface area (TPSA) is 110 Å². The van der Waals surface area contributed by atoms with E-state index in [0.717, 1.165) is 22.3 Å². The van der Waals surface area contributed by atoms with Crippen LogP contribution in [0.3, 0.4) is 0 Å². The van der Waals surface area contributed by atoms with Crippen LogP contribution in [0.25, 0.3) is 11.1 Å². The molecule has 2 aliphatic heterocycles. The van der Waals surface area contributed by atoms with Crippen molar-refractivity contribution in [1.82, 2.24) is 15.2 Å². The van der Waals surface area contributed by atoms with Crippen LogP contribution in [0.5, 0.6) is 5.75 Å². The van der Waals surface area contributed by atoms with Gasteiger partial charge in [-0.3, -0.25) is 14.9 Å². The van der Waals surface area contributed by atoms with Gasteiger partial charge in [0.1, 0.15) is 29.4 Å². The highest BCUT2D eigenvalue weighted by Gasteiger charge is 2.31. The normalized spacial score (nSPS) is 16.3. The van der Waals surface area contributed by atoms with Gasteiger partial charge < -0.3 is 19.7 Å².